The summed E-state index contributed by atoms with van der Waals surface area (Å²) in [4.78, 5) is 6.67. The molecule has 1 aliphatic rings. The summed E-state index contributed by atoms with van der Waals surface area (Å²) in [7, 11) is 2.12. The number of ether oxygens (including phenoxy) is 1. The van der Waals surface area contributed by atoms with Gasteiger partial charge in [-0.05, 0) is 20.0 Å². The normalized spacial score (nSPS) is 20.8. The second-order valence-corrected chi connectivity index (χ2v) is 5.03. The number of likely N-dealkylation sites (N-methyl/N-ethyl adjacent to an activating group) is 1. The van der Waals surface area contributed by atoms with Gasteiger partial charge in [0.1, 0.15) is 5.52 Å². The molecule has 1 unspecified atom stereocenters. The van der Waals surface area contributed by atoms with Crippen molar-refractivity contribution >= 4 is 11.3 Å². The van der Waals surface area contributed by atoms with Gasteiger partial charge in [-0.3, -0.25) is 0 Å². The monoisotopic (exact) mass is 261 g/mol. The second-order valence-electron chi connectivity index (χ2n) is 5.03. The van der Waals surface area contributed by atoms with Crippen molar-refractivity contribution in [3.05, 3.63) is 24.2 Å². The van der Waals surface area contributed by atoms with Crippen LogP contribution in [0.15, 0.2) is 18.5 Å². The van der Waals surface area contributed by atoms with E-state index in [1.807, 2.05) is 23.7 Å². The summed E-state index contributed by atoms with van der Waals surface area (Å²) in [6.45, 7) is 5.50. The number of fused-ring (bicyclic) bond motifs is 1. The van der Waals surface area contributed by atoms with E-state index in [-0.39, 0.29) is 6.10 Å². The minimum absolute atomic E-state index is 0.213. The fourth-order valence-electron chi connectivity index (χ4n) is 2.38. The van der Waals surface area contributed by atoms with Gasteiger partial charge >= 0.3 is 0 Å². The predicted molar refractivity (Wildman–Crippen MR) is 73.5 cm³/mol. The van der Waals surface area contributed by atoms with Gasteiger partial charge in [-0.15, -0.1) is 0 Å². The maximum Gasteiger partial charge on any atom is 0.152 e. The first kappa shape index (κ1) is 12.4. The van der Waals surface area contributed by atoms with E-state index < -0.39 is 0 Å². The molecule has 1 aliphatic heterocycles. The Labute approximate surface area is 112 Å². The van der Waals surface area contributed by atoms with Crippen molar-refractivity contribution in [3.63, 3.8) is 0 Å². The third kappa shape index (κ3) is 2.69. The van der Waals surface area contributed by atoms with Crippen LogP contribution in [-0.4, -0.2) is 58.9 Å². The van der Waals surface area contributed by atoms with E-state index in [1.165, 1.54) is 0 Å². The highest BCUT2D eigenvalue weighted by Crippen LogP contribution is 2.15. The Morgan fingerprint density at radius 1 is 1.53 bits per heavy atom. The van der Waals surface area contributed by atoms with Gasteiger partial charge in [0.15, 0.2) is 5.82 Å². The molecule has 1 atom stereocenters. The predicted octanol–water partition coefficient (Wildman–Crippen LogP) is 0.780. The molecule has 1 N–H and O–H groups in total. The average Bonchev–Trinajstić information content (AvgIpc) is 2.77. The summed E-state index contributed by atoms with van der Waals surface area (Å²) in [5.41, 5.74) is 1.99. The van der Waals surface area contributed by atoms with Gasteiger partial charge in [-0.1, -0.05) is 0 Å². The SMILES string of the molecule is Cc1cc2c(NCC3CN(C)CCO3)nccn2n1. The number of anilines is 1. The molecule has 1 fully saturated rings. The average molecular weight is 261 g/mol. The first-order chi connectivity index (χ1) is 9.22. The van der Waals surface area contributed by atoms with E-state index in [1.54, 1.807) is 6.20 Å². The molecule has 3 rings (SSSR count). The number of hydrogen-bond donors (Lipinski definition) is 1. The van der Waals surface area contributed by atoms with Crippen LogP contribution in [0.2, 0.25) is 0 Å². The number of aryl methyl sites for hydroxylation is 1. The highest BCUT2D eigenvalue weighted by atomic mass is 16.5. The Hall–Kier alpha value is -1.66. The van der Waals surface area contributed by atoms with Crippen LogP contribution in [0.4, 0.5) is 5.82 Å². The molecule has 19 heavy (non-hydrogen) atoms. The Kier molecular flexibility index (Phi) is 3.35. The lowest BCUT2D eigenvalue weighted by Gasteiger charge is -2.30. The van der Waals surface area contributed by atoms with Crippen LogP contribution in [0.25, 0.3) is 5.52 Å². The fraction of sp³-hybridized carbons (Fsp3) is 0.538. The van der Waals surface area contributed by atoms with Gasteiger partial charge in [0.25, 0.3) is 0 Å². The van der Waals surface area contributed by atoms with Gasteiger partial charge in [0, 0.05) is 32.0 Å². The zero-order valence-electron chi connectivity index (χ0n) is 11.3. The number of rotatable bonds is 3. The molecule has 6 heteroatoms. The summed E-state index contributed by atoms with van der Waals surface area (Å²) in [6.07, 6.45) is 3.83. The fourth-order valence-corrected chi connectivity index (χ4v) is 2.38. The molecular formula is C13H19N5O. The number of nitrogens with one attached hydrogen (secondary N) is 1. The minimum atomic E-state index is 0.213. The Balaban J connectivity index is 1.71. The van der Waals surface area contributed by atoms with E-state index in [9.17, 15) is 0 Å². The molecule has 0 radical (unpaired) electrons. The lowest BCUT2D eigenvalue weighted by atomic mass is 10.3. The zero-order chi connectivity index (χ0) is 13.2. The summed E-state index contributed by atoms with van der Waals surface area (Å²) in [6, 6.07) is 2.03. The van der Waals surface area contributed by atoms with Gasteiger partial charge in [-0.25, -0.2) is 9.50 Å². The van der Waals surface area contributed by atoms with Crippen LogP contribution in [0.5, 0.6) is 0 Å². The molecule has 0 aliphatic carbocycles. The van der Waals surface area contributed by atoms with Gasteiger partial charge < -0.3 is 15.0 Å². The first-order valence-electron chi connectivity index (χ1n) is 6.57. The van der Waals surface area contributed by atoms with E-state index in [4.69, 9.17) is 4.74 Å². The van der Waals surface area contributed by atoms with Gasteiger partial charge in [-0.2, -0.15) is 5.10 Å². The highest BCUT2D eigenvalue weighted by Gasteiger charge is 2.17. The molecule has 3 heterocycles. The summed E-state index contributed by atoms with van der Waals surface area (Å²) in [5.74, 6) is 0.861. The number of nitrogens with zero attached hydrogens (tertiary/aromatic N) is 4. The van der Waals surface area contributed by atoms with Gasteiger partial charge in [0.05, 0.1) is 18.4 Å². The lowest BCUT2D eigenvalue weighted by molar-refractivity contribution is -0.0117. The minimum Gasteiger partial charge on any atom is -0.374 e. The summed E-state index contributed by atoms with van der Waals surface area (Å²) in [5, 5.41) is 7.75. The second kappa shape index (κ2) is 5.14. The Morgan fingerprint density at radius 2 is 2.42 bits per heavy atom. The number of hydrogen-bond acceptors (Lipinski definition) is 5. The molecule has 0 saturated carbocycles. The van der Waals surface area contributed by atoms with Crippen LogP contribution in [0.3, 0.4) is 0 Å². The maximum atomic E-state index is 5.73. The molecule has 2 aromatic heterocycles. The Morgan fingerprint density at radius 3 is 3.26 bits per heavy atom. The highest BCUT2D eigenvalue weighted by molar-refractivity contribution is 5.67. The maximum absolute atomic E-state index is 5.73. The third-order valence-electron chi connectivity index (χ3n) is 3.35. The summed E-state index contributed by atoms with van der Waals surface area (Å²) < 4.78 is 7.58. The van der Waals surface area contributed by atoms with Crippen LogP contribution in [0, 0.1) is 6.92 Å². The molecule has 0 bridgehead atoms. The first-order valence-corrected chi connectivity index (χ1v) is 6.57. The zero-order valence-corrected chi connectivity index (χ0v) is 11.3. The Bertz CT molecular complexity index is 567. The largest absolute Gasteiger partial charge is 0.374 e. The van der Waals surface area contributed by atoms with E-state index >= 15 is 0 Å². The van der Waals surface area contributed by atoms with Crippen LogP contribution >= 0.6 is 0 Å². The molecule has 0 amide bonds. The van der Waals surface area contributed by atoms with Crippen molar-refractivity contribution in [2.75, 3.05) is 38.6 Å². The van der Waals surface area contributed by atoms with Crippen molar-refractivity contribution in [1.29, 1.82) is 0 Å². The molecule has 0 spiro atoms. The quantitative estimate of drug-likeness (QED) is 0.885. The van der Waals surface area contributed by atoms with Crippen molar-refractivity contribution in [1.82, 2.24) is 19.5 Å². The van der Waals surface area contributed by atoms with Crippen molar-refractivity contribution in [2.45, 2.75) is 13.0 Å². The summed E-state index contributed by atoms with van der Waals surface area (Å²) >= 11 is 0. The van der Waals surface area contributed by atoms with Crippen LogP contribution in [-0.2, 0) is 4.74 Å². The van der Waals surface area contributed by atoms with Crippen molar-refractivity contribution in [2.24, 2.45) is 0 Å². The molecule has 1 saturated heterocycles. The lowest BCUT2D eigenvalue weighted by Crippen LogP contribution is -2.43. The smallest absolute Gasteiger partial charge is 0.152 e. The van der Waals surface area contributed by atoms with Crippen molar-refractivity contribution < 1.29 is 4.74 Å². The van der Waals surface area contributed by atoms with E-state index in [0.717, 1.165) is 43.3 Å². The van der Waals surface area contributed by atoms with E-state index in [2.05, 4.69) is 27.3 Å². The molecular weight excluding hydrogens is 242 g/mol. The van der Waals surface area contributed by atoms with Crippen molar-refractivity contribution in [3.8, 4) is 0 Å². The van der Waals surface area contributed by atoms with Gasteiger partial charge in [0.2, 0.25) is 0 Å². The third-order valence-corrected chi connectivity index (χ3v) is 3.35. The van der Waals surface area contributed by atoms with E-state index in [0.29, 0.717) is 0 Å². The van der Waals surface area contributed by atoms with Crippen LogP contribution < -0.4 is 5.32 Å². The molecule has 0 aromatic carbocycles. The number of morpholine rings is 1. The number of aromatic nitrogens is 3. The standard InChI is InChI=1S/C13H19N5O/c1-10-7-12-13(14-3-4-18(12)16-10)15-8-11-9-17(2)5-6-19-11/h3-4,7,11H,5-6,8-9H2,1-2H3,(H,14,15). The topological polar surface area (TPSA) is 54.7 Å². The molecule has 6 nitrogen and oxygen atoms in total. The van der Waals surface area contributed by atoms with Crippen LogP contribution in [0.1, 0.15) is 5.69 Å². The molecule has 2 aromatic rings. The molecule has 102 valence electrons.